The SMILES string of the molecule is CCC(C)(C)CCN1C[C@@H](C)[C@H](C(=O)O)C1. The molecule has 1 aliphatic rings. The highest BCUT2D eigenvalue weighted by Gasteiger charge is 2.34. The van der Waals surface area contributed by atoms with E-state index < -0.39 is 5.97 Å². The quantitative estimate of drug-likeness (QED) is 0.784. The van der Waals surface area contributed by atoms with Crippen LogP contribution >= 0.6 is 0 Å². The van der Waals surface area contributed by atoms with E-state index in [4.69, 9.17) is 5.11 Å². The van der Waals surface area contributed by atoms with Gasteiger partial charge in [0.25, 0.3) is 0 Å². The molecule has 0 aromatic carbocycles. The fraction of sp³-hybridized carbons (Fsp3) is 0.923. The molecule has 0 aromatic heterocycles. The van der Waals surface area contributed by atoms with E-state index in [0.29, 0.717) is 11.3 Å². The van der Waals surface area contributed by atoms with E-state index in [2.05, 4.69) is 25.7 Å². The Hall–Kier alpha value is -0.570. The summed E-state index contributed by atoms with van der Waals surface area (Å²) in [5.41, 5.74) is 0.380. The maximum Gasteiger partial charge on any atom is 0.308 e. The predicted octanol–water partition coefficient (Wildman–Crippen LogP) is 2.47. The van der Waals surface area contributed by atoms with Gasteiger partial charge >= 0.3 is 5.97 Å². The molecule has 16 heavy (non-hydrogen) atoms. The molecule has 2 atom stereocenters. The minimum atomic E-state index is -0.634. The van der Waals surface area contributed by atoms with Crippen LogP contribution in [0.15, 0.2) is 0 Å². The molecule has 1 saturated heterocycles. The molecule has 0 aromatic rings. The molecule has 1 fully saturated rings. The van der Waals surface area contributed by atoms with E-state index in [1.165, 1.54) is 6.42 Å². The Kier molecular flexibility index (Phi) is 4.36. The molecular formula is C13H25NO2. The molecule has 0 unspecified atom stereocenters. The Morgan fingerprint density at radius 3 is 2.50 bits per heavy atom. The third-order valence-corrected chi connectivity index (χ3v) is 4.07. The van der Waals surface area contributed by atoms with E-state index in [9.17, 15) is 4.79 Å². The molecule has 1 aliphatic heterocycles. The molecule has 3 nitrogen and oxygen atoms in total. The van der Waals surface area contributed by atoms with E-state index in [1.807, 2.05) is 6.92 Å². The van der Waals surface area contributed by atoms with Gasteiger partial charge in [-0.1, -0.05) is 34.1 Å². The van der Waals surface area contributed by atoms with Crippen molar-refractivity contribution in [3.8, 4) is 0 Å². The first-order valence-corrected chi connectivity index (χ1v) is 6.31. The highest BCUT2D eigenvalue weighted by atomic mass is 16.4. The molecule has 0 amide bonds. The topological polar surface area (TPSA) is 40.5 Å². The first kappa shape index (κ1) is 13.5. The van der Waals surface area contributed by atoms with Crippen molar-refractivity contribution in [2.24, 2.45) is 17.3 Å². The molecule has 0 radical (unpaired) electrons. The van der Waals surface area contributed by atoms with E-state index in [1.54, 1.807) is 0 Å². The number of hydrogen-bond donors (Lipinski definition) is 1. The third kappa shape index (κ3) is 3.48. The first-order valence-electron chi connectivity index (χ1n) is 6.31. The summed E-state index contributed by atoms with van der Waals surface area (Å²) >= 11 is 0. The lowest BCUT2D eigenvalue weighted by Crippen LogP contribution is -2.27. The average Bonchev–Trinajstić information content (AvgIpc) is 2.57. The van der Waals surface area contributed by atoms with Gasteiger partial charge in [0.2, 0.25) is 0 Å². The van der Waals surface area contributed by atoms with E-state index >= 15 is 0 Å². The van der Waals surface area contributed by atoms with Gasteiger partial charge in [0.1, 0.15) is 0 Å². The molecule has 0 saturated carbocycles. The molecule has 0 spiro atoms. The Morgan fingerprint density at radius 1 is 1.44 bits per heavy atom. The maximum atomic E-state index is 11.0. The van der Waals surface area contributed by atoms with Gasteiger partial charge in [-0.25, -0.2) is 0 Å². The van der Waals surface area contributed by atoms with Gasteiger partial charge in [-0.15, -0.1) is 0 Å². The van der Waals surface area contributed by atoms with Gasteiger partial charge in [0, 0.05) is 13.1 Å². The number of hydrogen-bond acceptors (Lipinski definition) is 2. The fourth-order valence-electron chi connectivity index (χ4n) is 2.21. The summed E-state index contributed by atoms with van der Waals surface area (Å²) < 4.78 is 0. The Balaban J connectivity index is 2.39. The largest absolute Gasteiger partial charge is 0.481 e. The van der Waals surface area contributed by atoms with Crippen molar-refractivity contribution < 1.29 is 9.90 Å². The lowest BCUT2D eigenvalue weighted by molar-refractivity contribution is -0.142. The van der Waals surface area contributed by atoms with Crippen LogP contribution in [0.2, 0.25) is 0 Å². The Morgan fingerprint density at radius 2 is 2.06 bits per heavy atom. The molecule has 3 heteroatoms. The minimum absolute atomic E-state index is 0.162. The molecule has 94 valence electrons. The number of carboxylic acids is 1. The van der Waals surface area contributed by atoms with Gasteiger partial charge in [-0.3, -0.25) is 4.79 Å². The van der Waals surface area contributed by atoms with Crippen LogP contribution in [0.5, 0.6) is 0 Å². The average molecular weight is 227 g/mol. The van der Waals surface area contributed by atoms with Crippen molar-refractivity contribution in [2.75, 3.05) is 19.6 Å². The number of likely N-dealkylation sites (tertiary alicyclic amines) is 1. The Labute approximate surface area is 98.8 Å². The zero-order valence-corrected chi connectivity index (χ0v) is 11.0. The van der Waals surface area contributed by atoms with Crippen LogP contribution in [0.4, 0.5) is 0 Å². The first-order chi connectivity index (χ1) is 7.35. The number of nitrogens with zero attached hydrogens (tertiary/aromatic N) is 1. The van der Waals surface area contributed by atoms with Crippen LogP contribution in [0.1, 0.15) is 40.5 Å². The highest BCUT2D eigenvalue weighted by molar-refractivity contribution is 5.71. The van der Waals surface area contributed by atoms with Crippen molar-refractivity contribution in [3.63, 3.8) is 0 Å². The summed E-state index contributed by atoms with van der Waals surface area (Å²) in [6.07, 6.45) is 2.33. The Bertz CT molecular complexity index is 250. The monoisotopic (exact) mass is 227 g/mol. The number of carbonyl (C=O) groups is 1. The maximum absolute atomic E-state index is 11.0. The fourth-order valence-corrected chi connectivity index (χ4v) is 2.21. The van der Waals surface area contributed by atoms with Crippen LogP contribution < -0.4 is 0 Å². The van der Waals surface area contributed by atoms with Crippen molar-refractivity contribution in [3.05, 3.63) is 0 Å². The van der Waals surface area contributed by atoms with Gasteiger partial charge in [0.15, 0.2) is 0 Å². The van der Waals surface area contributed by atoms with Crippen LogP contribution in [-0.2, 0) is 4.79 Å². The zero-order chi connectivity index (χ0) is 12.3. The molecule has 1 N–H and O–H groups in total. The second kappa shape index (κ2) is 5.17. The number of rotatable bonds is 5. The second-order valence-electron chi connectivity index (χ2n) is 5.95. The van der Waals surface area contributed by atoms with E-state index in [0.717, 1.165) is 26.1 Å². The van der Waals surface area contributed by atoms with Crippen molar-refractivity contribution in [1.82, 2.24) is 4.90 Å². The van der Waals surface area contributed by atoms with Crippen LogP contribution in [0.25, 0.3) is 0 Å². The van der Waals surface area contributed by atoms with Crippen molar-refractivity contribution in [2.45, 2.75) is 40.5 Å². The van der Waals surface area contributed by atoms with Gasteiger partial charge < -0.3 is 10.0 Å². The summed E-state index contributed by atoms with van der Waals surface area (Å²) in [5, 5.41) is 9.05. The number of aliphatic carboxylic acids is 1. The number of carboxylic acid groups (broad SMARTS) is 1. The van der Waals surface area contributed by atoms with Crippen molar-refractivity contribution >= 4 is 5.97 Å². The lowest BCUT2D eigenvalue weighted by atomic mass is 9.86. The summed E-state index contributed by atoms with van der Waals surface area (Å²) in [6.45, 7) is 11.5. The summed E-state index contributed by atoms with van der Waals surface area (Å²) in [6, 6.07) is 0. The lowest BCUT2D eigenvalue weighted by Gasteiger charge is -2.26. The summed E-state index contributed by atoms with van der Waals surface area (Å²) in [5.74, 6) is -0.503. The standard InChI is InChI=1S/C13H25NO2/c1-5-13(3,4)6-7-14-8-10(2)11(9-14)12(15)16/h10-11H,5-9H2,1-4H3,(H,15,16)/t10-,11-/m1/s1. The predicted molar refractivity (Wildman–Crippen MR) is 65.4 cm³/mol. The third-order valence-electron chi connectivity index (χ3n) is 4.07. The van der Waals surface area contributed by atoms with Gasteiger partial charge in [0.05, 0.1) is 5.92 Å². The molecule has 0 aliphatic carbocycles. The molecule has 1 rings (SSSR count). The van der Waals surface area contributed by atoms with Gasteiger partial charge in [-0.2, -0.15) is 0 Å². The zero-order valence-electron chi connectivity index (χ0n) is 11.0. The minimum Gasteiger partial charge on any atom is -0.481 e. The van der Waals surface area contributed by atoms with Crippen LogP contribution in [-0.4, -0.2) is 35.6 Å². The highest BCUT2D eigenvalue weighted by Crippen LogP contribution is 2.28. The second-order valence-corrected chi connectivity index (χ2v) is 5.95. The summed E-state index contributed by atoms with van der Waals surface area (Å²) in [7, 11) is 0. The molecular weight excluding hydrogens is 202 g/mol. The van der Waals surface area contributed by atoms with Crippen LogP contribution in [0, 0.1) is 17.3 Å². The molecule has 1 heterocycles. The van der Waals surface area contributed by atoms with Crippen LogP contribution in [0.3, 0.4) is 0 Å². The smallest absolute Gasteiger partial charge is 0.308 e. The molecule has 0 bridgehead atoms. The van der Waals surface area contributed by atoms with Crippen molar-refractivity contribution in [1.29, 1.82) is 0 Å². The normalized spacial score (nSPS) is 27.2. The van der Waals surface area contributed by atoms with Gasteiger partial charge in [-0.05, 0) is 24.3 Å². The van der Waals surface area contributed by atoms with E-state index in [-0.39, 0.29) is 5.92 Å². The summed E-state index contributed by atoms with van der Waals surface area (Å²) in [4.78, 5) is 13.3.